The highest BCUT2D eigenvalue weighted by atomic mass is 16.6. The van der Waals surface area contributed by atoms with Crippen LogP contribution in [0.25, 0.3) is 0 Å². The lowest BCUT2D eigenvalue weighted by Gasteiger charge is -2.32. The summed E-state index contributed by atoms with van der Waals surface area (Å²) in [5.74, 6) is -2.45. The Kier molecular flexibility index (Phi) is 15.0. The van der Waals surface area contributed by atoms with Crippen LogP contribution in [0.2, 0.25) is 0 Å². The third-order valence-electron chi connectivity index (χ3n) is 5.54. The third kappa shape index (κ3) is 16.5. The van der Waals surface area contributed by atoms with Crippen LogP contribution in [0, 0.1) is 0 Å². The number of nitrogens with zero attached hydrogens (tertiary/aromatic N) is 5. The van der Waals surface area contributed by atoms with E-state index in [1.807, 2.05) is 0 Å². The minimum Gasteiger partial charge on any atom is -0.443 e. The number of aldehydes is 1. The van der Waals surface area contributed by atoms with Crippen LogP contribution in [0.5, 0.6) is 0 Å². The molecule has 0 atom stereocenters. The quantitative estimate of drug-likeness (QED) is 0.195. The monoisotopic (exact) mass is 781 g/mol. The lowest BCUT2D eigenvalue weighted by Crippen LogP contribution is -2.48. The number of rotatable bonds is 6. The van der Waals surface area contributed by atoms with Crippen molar-refractivity contribution in [2.75, 3.05) is 14.7 Å². The Morgan fingerprint density at radius 3 is 0.855 bits per heavy atom. The third-order valence-corrected chi connectivity index (χ3v) is 5.54. The van der Waals surface area contributed by atoms with Crippen LogP contribution >= 0.6 is 0 Å². The second-order valence-electron chi connectivity index (χ2n) is 18.2. The Morgan fingerprint density at radius 2 is 0.655 bits per heavy atom. The summed E-state index contributed by atoms with van der Waals surface area (Å²) in [6, 6.07) is 0. The number of ether oxygens (including phenoxy) is 6. The number of hydrogen-bond donors (Lipinski definition) is 0. The molecule has 0 radical (unpaired) electrons. The van der Waals surface area contributed by atoms with Crippen molar-refractivity contribution in [1.82, 2.24) is 9.97 Å². The molecule has 0 spiro atoms. The van der Waals surface area contributed by atoms with Gasteiger partial charge in [0.05, 0.1) is 0 Å². The van der Waals surface area contributed by atoms with Gasteiger partial charge in [0.15, 0.2) is 11.6 Å². The number of anilines is 3. The number of amides is 6. The van der Waals surface area contributed by atoms with E-state index in [1.54, 1.807) is 0 Å². The molecule has 18 nitrogen and oxygen atoms in total. The zero-order valence-corrected chi connectivity index (χ0v) is 35.5. The van der Waals surface area contributed by atoms with E-state index in [0.717, 1.165) is 0 Å². The van der Waals surface area contributed by atoms with Gasteiger partial charge >= 0.3 is 36.6 Å². The highest BCUT2D eigenvalue weighted by Crippen LogP contribution is 2.36. The smallest absolute Gasteiger partial charge is 0.427 e. The van der Waals surface area contributed by atoms with Crippen molar-refractivity contribution in [1.29, 1.82) is 0 Å². The predicted octanol–water partition coefficient (Wildman–Crippen LogP) is 8.64. The number of carbonyl (C=O) groups excluding carboxylic acids is 7. The van der Waals surface area contributed by atoms with Crippen molar-refractivity contribution < 1.29 is 62.0 Å². The molecule has 1 rings (SSSR count). The van der Waals surface area contributed by atoms with Crippen LogP contribution in [0.1, 0.15) is 137 Å². The zero-order chi connectivity index (χ0) is 43.3. The Bertz CT molecular complexity index is 1450. The van der Waals surface area contributed by atoms with Gasteiger partial charge in [-0.1, -0.05) is 0 Å². The van der Waals surface area contributed by atoms with E-state index in [2.05, 4.69) is 9.97 Å². The maximum atomic E-state index is 14.0. The van der Waals surface area contributed by atoms with Gasteiger partial charge in [0.1, 0.15) is 39.9 Å². The molecule has 310 valence electrons. The SMILES string of the molecule is CC(C)(C)OC(=O)N(C(=O)OC(C)(C)C)c1nc(N(C(=O)OC(C)(C)C)C(=O)OC(C)(C)C)c(CCC=O)c(N(C(=O)OC(C)(C)C)C(=O)OC(C)(C)C)n1. The summed E-state index contributed by atoms with van der Waals surface area (Å²) in [6.45, 7) is 27.3. The first-order valence-electron chi connectivity index (χ1n) is 17.6. The molecule has 0 aliphatic rings. The van der Waals surface area contributed by atoms with Crippen molar-refractivity contribution in [3.05, 3.63) is 5.56 Å². The van der Waals surface area contributed by atoms with Crippen LogP contribution in [0.4, 0.5) is 46.4 Å². The topological polar surface area (TPSA) is 210 Å². The molecule has 0 unspecified atom stereocenters. The van der Waals surface area contributed by atoms with E-state index >= 15 is 0 Å². The molecule has 18 heteroatoms. The first-order valence-corrected chi connectivity index (χ1v) is 17.6. The molecule has 0 aliphatic carbocycles. The molecule has 0 aromatic carbocycles. The maximum absolute atomic E-state index is 14.0. The average Bonchev–Trinajstić information content (AvgIpc) is 2.86. The summed E-state index contributed by atoms with van der Waals surface area (Å²) in [4.78, 5) is 105. The first kappa shape index (κ1) is 48.0. The van der Waals surface area contributed by atoms with Gasteiger partial charge in [-0.25, -0.2) is 28.8 Å². The fourth-order valence-electron chi connectivity index (χ4n) is 3.92. The summed E-state index contributed by atoms with van der Waals surface area (Å²) in [5, 5.41) is 0. The summed E-state index contributed by atoms with van der Waals surface area (Å²) < 4.78 is 33.3. The van der Waals surface area contributed by atoms with Gasteiger partial charge in [-0.2, -0.15) is 19.8 Å². The molecule has 0 saturated heterocycles. The van der Waals surface area contributed by atoms with Crippen LogP contribution in [0.15, 0.2) is 0 Å². The molecule has 0 saturated carbocycles. The molecule has 0 N–H and O–H groups in total. The van der Waals surface area contributed by atoms with Gasteiger partial charge in [-0.15, -0.1) is 4.90 Å². The molecular formula is C37H59N5O13. The van der Waals surface area contributed by atoms with Crippen molar-refractivity contribution in [2.45, 2.75) is 171 Å². The Labute approximate surface area is 323 Å². The fourth-order valence-corrected chi connectivity index (χ4v) is 3.92. The van der Waals surface area contributed by atoms with Crippen molar-refractivity contribution in [2.24, 2.45) is 0 Å². The lowest BCUT2D eigenvalue weighted by molar-refractivity contribution is -0.107. The summed E-state index contributed by atoms with van der Waals surface area (Å²) >= 11 is 0. The van der Waals surface area contributed by atoms with E-state index in [9.17, 15) is 33.6 Å². The first-order chi connectivity index (χ1) is 24.4. The molecule has 1 heterocycles. The molecule has 1 aromatic heterocycles. The summed E-state index contributed by atoms with van der Waals surface area (Å²) in [5.41, 5.74) is -7.71. The van der Waals surface area contributed by atoms with Crippen molar-refractivity contribution in [3.63, 3.8) is 0 Å². The van der Waals surface area contributed by atoms with Crippen molar-refractivity contribution in [3.8, 4) is 0 Å². The molecular weight excluding hydrogens is 722 g/mol. The number of carbonyl (C=O) groups is 7. The van der Waals surface area contributed by atoms with Gasteiger partial charge in [-0.05, 0) is 131 Å². The second kappa shape index (κ2) is 17.2. The summed E-state index contributed by atoms with van der Waals surface area (Å²) in [6.07, 6.45) is -8.57. The van der Waals surface area contributed by atoms with Gasteiger partial charge in [0.2, 0.25) is 5.95 Å². The Hall–Kier alpha value is -5.03. The van der Waals surface area contributed by atoms with Gasteiger partial charge in [-0.3, -0.25) is 0 Å². The van der Waals surface area contributed by atoms with Crippen LogP contribution in [-0.4, -0.2) is 86.4 Å². The van der Waals surface area contributed by atoms with Crippen LogP contribution in [-0.2, 0) is 39.6 Å². The van der Waals surface area contributed by atoms with E-state index in [1.165, 1.54) is 125 Å². The molecule has 55 heavy (non-hydrogen) atoms. The standard InChI is InChI=1S/C37H59N5O13/c1-32(2,3)50-26(44)40(27(45)51-33(4,5)6)23-22(20-19-21-43)24(41(28(46)52-34(7,8)9)29(47)53-35(10,11)12)39-25(38-23)42(30(48)54-36(13,14)15)31(49)55-37(16,17)18/h21H,19-20H2,1-18H3. The molecule has 0 fully saturated rings. The van der Waals surface area contributed by atoms with Crippen LogP contribution in [0.3, 0.4) is 0 Å². The van der Waals surface area contributed by atoms with Gasteiger partial charge < -0.3 is 33.2 Å². The van der Waals surface area contributed by atoms with E-state index < -0.39 is 94.2 Å². The highest BCUT2D eigenvalue weighted by molar-refractivity contribution is 6.14. The minimum absolute atomic E-state index is 0.248. The molecule has 0 bridgehead atoms. The minimum atomic E-state index is -1.39. The zero-order valence-electron chi connectivity index (χ0n) is 35.5. The second-order valence-corrected chi connectivity index (χ2v) is 18.2. The van der Waals surface area contributed by atoms with E-state index in [-0.39, 0.29) is 16.9 Å². The number of aromatic nitrogens is 2. The summed E-state index contributed by atoms with van der Waals surface area (Å²) in [7, 11) is 0. The fraction of sp³-hybridized carbons (Fsp3) is 0.703. The Balaban J connectivity index is 4.82. The predicted molar refractivity (Wildman–Crippen MR) is 201 cm³/mol. The molecule has 0 aliphatic heterocycles. The van der Waals surface area contributed by atoms with E-state index in [4.69, 9.17) is 28.4 Å². The number of imide groups is 3. The normalized spacial score (nSPS) is 12.5. The largest absolute Gasteiger partial charge is 0.443 e. The van der Waals surface area contributed by atoms with Crippen LogP contribution < -0.4 is 14.7 Å². The molecule has 6 amide bonds. The molecule has 1 aromatic rings. The highest BCUT2D eigenvalue weighted by Gasteiger charge is 2.43. The van der Waals surface area contributed by atoms with E-state index in [0.29, 0.717) is 16.1 Å². The maximum Gasteiger partial charge on any atom is 0.427 e. The number of hydrogen-bond acceptors (Lipinski definition) is 15. The Morgan fingerprint density at radius 1 is 0.436 bits per heavy atom. The van der Waals surface area contributed by atoms with Gasteiger partial charge in [0.25, 0.3) is 0 Å². The van der Waals surface area contributed by atoms with Crippen molar-refractivity contribution >= 4 is 60.4 Å². The lowest BCUT2D eigenvalue weighted by atomic mass is 10.1. The average molecular weight is 782 g/mol. The van der Waals surface area contributed by atoms with Gasteiger partial charge in [0, 0.05) is 12.0 Å².